The zero-order valence-corrected chi connectivity index (χ0v) is 13.2. The first-order valence-electron chi connectivity index (χ1n) is 7.81. The van der Waals surface area contributed by atoms with E-state index >= 15 is 0 Å². The molecule has 2 heterocycles. The fourth-order valence-electron chi connectivity index (χ4n) is 3.24. The van der Waals surface area contributed by atoms with Crippen LogP contribution in [0.1, 0.15) is 18.4 Å². The number of amides is 1. The lowest BCUT2D eigenvalue weighted by atomic mass is 9.98. The summed E-state index contributed by atoms with van der Waals surface area (Å²) in [6.07, 6.45) is -2.00. The van der Waals surface area contributed by atoms with Gasteiger partial charge in [-0.3, -0.25) is 14.8 Å². The van der Waals surface area contributed by atoms with Gasteiger partial charge in [-0.25, -0.2) is 0 Å². The Morgan fingerprint density at radius 2 is 2.21 bits per heavy atom. The van der Waals surface area contributed by atoms with Crippen LogP contribution in [0.4, 0.5) is 13.2 Å². The molecule has 130 valence electrons. The second-order valence-corrected chi connectivity index (χ2v) is 6.31. The van der Waals surface area contributed by atoms with Crippen LogP contribution in [0.2, 0.25) is 0 Å². The van der Waals surface area contributed by atoms with Crippen LogP contribution >= 0.6 is 0 Å². The molecule has 1 amide bonds. The third-order valence-electron chi connectivity index (χ3n) is 4.44. The number of likely N-dealkylation sites (tertiary alicyclic amines) is 1. The summed E-state index contributed by atoms with van der Waals surface area (Å²) in [4.78, 5) is 13.4. The van der Waals surface area contributed by atoms with Gasteiger partial charge in [0.05, 0.1) is 18.1 Å². The predicted octanol–water partition coefficient (Wildman–Crippen LogP) is 2.25. The lowest BCUT2D eigenvalue weighted by Gasteiger charge is -2.38. The van der Waals surface area contributed by atoms with E-state index in [4.69, 9.17) is 0 Å². The number of carbonyl (C=O) groups excluding carboxylic acids is 1. The number of benzene rings is 1. The fraction of sp³-hybridized carbons (Fsp3) is 0.500. The van der Waals surface area contributed by atoms with Crippen LogP contribution < -0.4 is 5.32 Å². The molecule has 0 bridgehead atoms. The summed E-state index contributed by atoms with van der Waals surface area (Å²) >= 11 is 0. The van der Waals surface area contributed by atoms with Gasteiger partial charge in [-0.2, -0.15) is 18.3 Å². The number of alkyl halides is 3. The topological polar surface area (TPSA) is 61.0 Å². The van der Waals surface area contributed by atoms with E-state index in [2.05, 4.69) is 15.5 Å². The highest BCUT2D eigenvalue weighted by Gasteiger charge is 2.44. The minimum absolute atomic E-state index is 0.00588. The molecule has 5 nitrogen and oxygen atoms in total. The molecule has 1 fully saturated rings. The highest BCUT2D eigenvalue weighted by Crippen LogP contribution is 2.30. The van der Waals surface area contributed by atoms with Gasteiger partial charge in [-0.15, -0.1) is 0 Å². The van der Waals surface area contributed by atoms with Crippen molar-refractivity contribution < 1.29 is 18.0 Å². The first-order valence-corrected chi connectivity index (χ1v) is 7.81. The third-order valence-corrected chi connectivity index (χ3v) is 4.44. The summed E-state index contributed by atoms with van der Waals surface area (Å²) in [5.74, 6) is -0.179. The molecular formula is C16H19F3N4O. The number of carbonyl (C=O) groups is 1. The Labute approximate surface area is 137 Å². The van der Waals surface area contributed by atoms with Gasteiger partial charge in [0.25, 0.3) is 0 Å². The lowest BCUT2D eigenvalue weighted by molar-refractivity contribution is -0.188. The van der Waals surface area contributed by atoms with Crippen molar-refractivity contribution in [1.82, 2.24) is 20.4 Å². The fourth-order valence-corrected chi connectivity index (χ4v) is 3.24. The Hall–Kier alpha value is -2.09. The van der Waals surface area contributed by atoms with Crippen molar-refractivity contribution in [1.29, 1.82) is 0 Å². The van der Waals surface area contributed by atoms with Crippen molar-refractivity contribution in [2.24, 2.45) is 0 Å². The van der Waals surface area contributed by atoms with Crippen molar-refractivity contribution in [2.75, 3.05) is 13.6 Å². The average Bonchev–Trinajstić information content (AvgIpc) is 2.93. The first kappa shape index (κ1) is 16.8. The SMILES string of the molecule is CN1C[C@@H](NC(=O)Cc2ccc3[nH]ncc3c2)CC[C@H]1C(F)(F)F. The molecule has 2 aromatic rings. The van der Waals surface area contributed by atoms with E-state index < -0.39 is 12.2 Å². The third kappa shape index (κ3) is 3.69. The van der Waals surface area contributed by atoms with Crippen LogP contribution in [0.25, 0.3) is 10.9 Å². The molecule has 0 unspecified atom stereocenters. The van der Waals surface area contributed by atoms with E-state index in [0.29, 0.717) is 6.42 Å². The molecule has 2 N–H and O–H groups in total. The van der Waals surface area contributed by atoms with E-state index in [9.17, 15) is 18.0 Å². The number of aromatic amines is 1. The number of fused-ring (bicyclic) bond motifs is 1. The number of halogens is 3. The van der Waals surface area contributed by atoms with Crippen LogP contribution in [0, 0.1) is 0 Å². The average molecular weight is 340 g/mol. The molecule has 1 aromatic heterocycles. The van der Waals surface area contributed by atoms with Gasteiger partial charge in [0.15, 0.2) is 0 Å². The summed E-state index contributed by atoms with van der Waals surface area (Å²) in [6.45, 7) is 0.205. The minimum Gasteiger partial charge on any atom is -0.352 e. The van der Waals surface area contributed by atoms with Crippen molar-refractivity contribution in [3.63, 3.8) is 0 Å². The van der Waals surface area contributed by atoms with Crippen LogP contribution in [-0.4, -0.2) is 52.9 Å². The normalized spacial score (nSPS) is 22.7. The van der Waals surface area contributed by atoms with Crippen molar-refractivity contribution >= 4 is 16.8 Å². The van der Waals surface area contributed by atoms with Gasteiger partial charge in [0.2, 0.25) is 5.91 Å². The molecule has 1 aliphatic heterocycles. The Bertz CT molecular complexity index is 727. The summed E-state index contributed by atoms with van der Waals surface area (Å²) in [7, 11) is 1.45. The Morgan fingerprint density at radius 3 is 2.92 bits per heavy atom. The lowest BCUT2D eigenvalue weighted by Crippen LogP contribution is -2.54. The molecule has 8 heteroatoms. The maximum atomic E-state index is 12.8. The van der Waals surface area contributed by atoms with Crippen molar-refractivity contribution in [3.8, 4) is 0 Å². The summed E-state index contributed by atoms with van der Waals surface area (Å²) in [6, 6.07) is 3.90. The van der Waals surface area contributed by atoms with Crippen LogP contribution in [0.5, 0.6) is 0 Å². The predicted molar refractivity (Wildman–Crippen MR) is 83.4 cm³/mol. The molecular weight excluding hydrogens is 321 g/mol. The number of aromatic nitrogens is 2. The van der Waals surface area contributed by atoms with Gasteiger partial charge in [0, 0.05) is 18.0 Å². The number of H-pyrrole nitrogens is 1. The van der Waals surface area contributed by atoms with Crippen LogP contribution in [-0.2, 0) is 11.2 Å². The largest absolute Gasteiger partial charge is 0.404 e. The smallest absolute Gasteiger partial charge is 0.352 e. The van der Waals surface area contributed by atoms with Gasteiger partial charge in [0.1, 0.15) is 6.04 Å². The summed E-state index contributed by atoms with van der Waals surface area (Å²) in [5, 5.41) is 10.5. The quantitative estimate of drug-likeness (QED) is 0.901. The van der Waals surface area contributed by atoms with Crippen LogP contribution in [0.3, 0.4) is 0 Å². The zero-order chi connectivity index (χ0) is 17.3. The molecule has 0 spiro atoms. The number of hydrogen-bond donors (Lipinski definition) is 2. The number of piperidine rings is 1. The van der Waals surface area contributed by atoms with Gasteiger partial charge in [-0.1, -0.05) is 6.07 Å². The molecule has 1 aliphatic rings. The number of rotatable bonds is 3. The monoisotopic (exact) mass is 340 g/mol. The van der Waals surface area contributed by atoms with Gasteiger partial charge >= 0.3 is 6.18 Å². The molecule has 1 aromatic carbocycles. The van der Waals surface area contributed by atoms with Gasteiger partial charge in [-0.05, 0) is 37.6 Å². The molecule has 3 rings (SSSR count). The van der Waals surface area contributed by atoms with Crippen LogP contribution in [0.15, 0.2) is 24.4 Å². The number of nitrogens with one attached hydrogen (secondary N) is 2. The minimum atomic E-state index is -4.22. The molecule has 0 radical (unpaired) electrons. The van der Waals surface area contributed by atoms with E-state index in [1.54, 1.807) is 6.20 Å². The Kier molecular flexibility index (Phi) is 4.49. The summed E-state index contributed by atoms with van der Waals surface area (Å²) < 4.78 is 38.5. The standard InChI is InChI=1S/C16H19F3N4O/c1-23-9-12(3-5-14(23)16(17,18)19)21-15(24)7-10-2-4-13-11(6-10)8-20-22-13/h2,4,6,8,12,14H,3,5,7,9H2,1H3,(H,20,22)(H,21,24)/t12-,14-/m0/s1. The molecule has 24 heavy (non-hydrogen) atoms. The highest BCUT2D eigenvalue weighted by molar-refractivity contribution is 5.83. The van der Waals surface area contributed by atoms with E-state index in [-0.39, 0.29) is 31.3 Å². The Morgan fingerprint density at radius 1 is 1.42 bits per heavy atom. The maximum Gasteiger partial charge on any atom is 0.404 e. The molecule has 0 aliphatic carbocycles. The zero-order valence-electron chi connectivity index (χ0n) is 13.2. The summed E-state index contributed by atoms with van der Waals surface area (Å²) in [5.41, 5.74) is 1.74. The second kappa shape index (κ2) is 6.43. The highest BCUT2D eigenvalue weighted by atomic mass is 19.4. The van der Waals surface area contributed by atoms with E-state index in [1.165, 1.54) is 11.9 Å². The molecule has 2 atom stereocenters. The number of hydrogen-bond acceptors (Lipinski definition) is 3. The van der Waals surface area contributed by atoms with Crippen molar-refractivity contribution in [2.45, 2.75) is 37.5 Å². The Balaban J connectivity index is 1.55. The first-order chi connectivity index (χ1) is 11.3. The van der Waals surface area contributed by atoms with Crippen molar-refractivity contribution in [3.05, 3.63) is 30.0 Å². The van der Waals surface area contributed by atoms with E-state index in [1.807, 2.05) is 18.2 Å². The maximum absolute atomic E-state index is 12.8. The number of nitrogens with zero attached hydrogens (tertiary/aromatic N) is 2. The molecule has 1 saturated heterocycles. The second-order valence-electron chi connectivity index (χ2n) is 6.31. The number of likely N-dealkylation sites (N-methyl/N-ethyl adjacent to an activating group) is 1. The molecule has 0 saturated carbocycles. The van der Waals surface area contributed by atoms with E-state index in [0.717, 1.165) is 16.5 Å². The van der Waals surface area contributed by atoms with Gasteiger partial charge < -0.3 is 5.32 Å².